The Morgan fingerprint density at radius 1 is 1.56 bits per heavy atom. The average Bonchev–Trinajstić information content (AvgIpc) is 2.72. The standard InChI is InChI=1S/C12H11ClN2O3/c1-7-5-15-11(18-7)6-14-8-2-3-9(12(16)17)10(13)4-8/h2-5,14H,6H2,1H3,(H,16,17). The number of nitrogens with one attached hydrogen (secondary N) is 1. The zero-order valence-corrected chi connectivity index (χ0v) is 10.4. The van der Waals surface area contributed by atoms with E-state index in [-0.39, 0.29) is 10.6 Å². The van der Waals surface area contributed by atoms with Crippen molar-refractivity contribution in [1.82, 2.24) is 4.98 Å². The molecule has 0 radical (unpaired) electrons. The Morgan fingerprint density at radius 2 is 2.33 bits per heavy atom. The molecule has 0 unspecified atom stereocenters. The molecule has 1 aromatic heterocycles. The highest BCUT2D eigenvalue weighted by atomic mass is 35.5. The average molecular weight is 267 g/mol. The SMILES string of the molecule is Cc1cnc(CNc2ccc(C(=O)O)c(Cl)c2)o1. The highest BCUT2D eigenvalue weighted by Crippen LogP contribution is 2.21. The van der Waals surface area contributed by atoms with Crippen LogP contribution in [0.2, 0.25) is 5.02 Å². The molecule has 0 aliphatic heterocycles. The molecule has 0 fully saturated rings. The number of anilines is 1. The molecule has 18 heavy (non-hydrogen) atoms. The first-order valence-electron chi connectivity index (χ1n) is 5.24. The van der Waals surface area contributed by atoms with Gasteiger partial charge in [-0.1, -0.05) is 11.6 Å². The molecule has 1 aromatic carbocycles. The van der Waals surface area contributed by atoms with E-state index in [0.29, 0.717) is 18.1 Å². The molecule has 0 saturated heterocycles. The lowest BCUT2D eigenvalue weighted by atomic mass is 10.2. The number of hydrogen-bond acceptors (Lipinski definition) is 4. The van der Waals surface area contributed by atoms with E-state index in [1.165, 1.54) is 6.07 Å². The number of oxazole rings is 1. The summed E-state index contributed by atoms with van der Waals surface area (Å²) in [5, 5.41) is 12.1. The topological polar surface area (TPSA) is 75.4 Å². The summed E-state index contributed by atoms with van der Waals surface area (Å²) in [6.07, 6.45) is 1.64. The first-order valence-corrected chi connectivity index (χ1v) is 5.62. The maximum atomic E-state index is 10.8. The minimum absolute atomic E-state index is 0.0779. The lowest BCUT2D eigenvalue weighted by Gasteiger charge is -2.05. The Labute approximate surface area is 108 Å². The van der Waals surface area contributed by atoms with E-state index in [1.54, 1.807) is 18.3 Å². The number of aromatic carboxylic acids is 1. The fraction of sp³-hybridized carbons (Fsp3) is 0.167. The maximum Gasteiger partial charge on any atom is 0.337 e. The van der Waals surface area contributed by atoms with Crippen molar-refractivity contribution in [2.24, 2.45) is 0 Å². The van der Waals surface area contributed by atoms with Crippen LogP contribution in [0.3, 0.4) is 0 Å². The molecule has 5 nitrogen and oxygen atoms in total. The number of rotatable bonds is 4. The fourth-order valence-corrected chi connectivity index (χ4v) is 1.72. The van der Waals surface area contributed by atoms with Crippen molar-refractivity contribution < 1.29 is 14.3 Å². The zero-order chi connectivity index (χ0) is 13.1. The van der Waals surface area contributed by atoms with Crippen LogP contribution in [0.5, 0.6) is 0 Å². The van der Waals surface area contributed by atoms with Crippen LogP contribution in [0.25, 0.3) is 0 Å². The molecule has 94 valence electrons. The Bertz CT molecular complexity index is 580. The van der Waals surface area contributed by atoms with Gasteiger partial charge in [-0.3, -0.25) is 0 Å². The van der Waals surface area contributed by atoms with E-state index in [9.17, 15) is 4.79 Å². The fourth-order valence-electron chi connectivity index (χ4n) is 1.46. The van der Waals surface area contributed by atoms with Gasteiger partial charge in [0.2, 0.25) is 5.89 Å². The van der Waals surface area contributed by atoms with Crippen molar-refractivity contribution in [1.29, 1.82) is 0 Å². The van der Waals surface area contributed by atoms with Crippen molar-refractivity contribution in [3.8, 4) is 0 Å². The van der Waals surface area contributed by atoms with Crippen molar-refractivity contribution in [3.63, 3.8) is 0 Å². The van der Waals surface area contributed by atoms with Gasteiger partial charge in [0.05, 0.1) is 23.3 Å². The largest absolute Gasteiger partial charge is 0.478 e. The summed E-state index contributed by atoms with van der Waals surface area (Å²) in [5.74, 6) is 0.256. The predicted molar refractivity (Wildman–Crippen MR) is 67.0 cm³/mol. The lowest BCUT2D eigenvalue weighted by Crippen LogP contribution is -2.02. The van der Waals surface area contributed by atoms with Crippen LogP contribution in [0.1, 0.15) is 22.0 Å². The molecule has 0 bridgehead atoms. The van der Waals surface area contributed by atoms with Crippen LogP contribution >= 0.6 is 11.6 Å². The van der Waals surface area contributed by atoms with Crippen LogP contribution in [-0.4, -0.2) is 16.1 Å². The minimum Gasteiger partial charge on any atom is -0.478 e. The molecule has 6 heteroatoms. The zero-order valence-electron chi connectivity index (χ0n) is 9.61. The summed E-state index contributed by atoms with van der Waals surface area (Å²) in [6, 6.07) is 4.65. The van der Waals surface area contributed by atoms with E-state index in [0.717, 1.165) is 5.76 Å². The van der Waals surface area contributed by atoms with E-state index in [1.807, 2.05) is 6.92 Å². The van der Waals surface area contributed by atoms with Gasteiger partial charge in [-0.05, 0) is 25.1 Å². The van der Waals surface area contributed by atoms with Crippen LogP contribution in [0, 0.1) is 6.92 Å². The van der Waals surface area contributed by atoms with Gasteiger partial charge in [0.1, 0.15) is 5.76 Å². The van der Waals surface area contributed by atoms with E-state index < -0.39 is 5.97 Å². The molecule has 0 saturated carbocycles. The summed E-state index contributed by atoms with van der Waals surface area (Å²) >= 11 is 5.85. The minimum atomic E-state index is -1.05. The summed E-state index contributed by atoms with van der Waals surface area (Å²) in [6.45, 7) is 2.23. The number of aryl methyl sites for hydroxylation is 1. The van der Waals surface area contributed by atoms with Gasteiger partial charge >= 0.3 is 5.97 Å². The summed E-state index contributed by atoms with van der Waals surface area (Å²) in [4.78, 5) is 14.8. The highest BCUT2D eigenvalue weighted by Gasteiger charge is 2.09. The molecule has 2 aromatic rings. The first kappa shape index (κ1) is 12.4. The van der Waals surface area contributed by atoms with Gasteiger partial charge in [-0.2, -0.15) is 0 Å². The van der Waals surface area contributed by atoms with Gasteiger partial charge in [0, 0.05) is 5.69 Å². The number of carboxylic acids is 1. The number of carboxylic acid groups (broad SMARTS) is 1. The van der Waals surface area contributed by atoms with Crippen molar-refractivity contribution >= 4 is 23.3 Å². The highest BCUT2D eigenvalue weighted by molar-refractivity contribution is 6.33. The Balaban J connectivity index is 2.06. The second kappa shape index (κ2) is 5.10. The maximum absolute atomic E-state index is 10.8. The van der Waals surface area contributed by atoms with Gasteiger partial charge < -0.3 is 14.8 Å². The molecule has 0 aliphatic rings. The van der Waals surface area contributed by atoms with Crippen LogP contribution < -0.4 is 5.32 Å². The molecular weight excluding hydrogens is 256 g/mol. The molecule has 0 atom stereocenters. The van der Waals surface area contributed by atoms with Gasteiger partial charge in [-0.25, -0.2) is 9.78 Å². The molecule has 2 N–H and O–H groups in total. The number of nitrogens with zero attached hydrogens (tertiary/aromatic N) is 1. The number of carbonyl (C=O) groups is 1. The van der Waals surface area contributed by atoms with E-state index in [4.69, 9.17) is 21.1 Å². The Morgan fingerprint density at radius 3 is 2.89 bits per heavy atom. The van der Waals surface area contributed by atoms with Crippen LogP contribution in [0.15, 0.2) is 28.8 Å². The predicted octanol–water partition coefficient (Wildman–Crippen LogP) is 2.95. The third kappa shape index (κ3) is 2.81. The second-order valence-corrected chi connectivity index (χ2v) is 4.13. The van der Waals surface area contributed by atoms with Crippen LogP contribution in [-0.2, 0) is 6.54 Å². The van der Waals surface area contributed by atoms with Crippen LogP contribution in [0.4, 0.5) is 5.69 Å². The number of benzene rings is 1. The molecule has 0 amide bonds. The Kier molecular flexibility index (Phi) is 3.53. The number of halogens is 1. The third-order valence-corrected chi connectivity index (χ3v) is 2.63. The molecule has 0 aliphatic carbocycles. The van der Waals surface area contributed by atoms with Gasteiger partial charge in [-0.15, -0.1) is 0 Å². The quantitative estimate of drug-likeness (QED) is 0.890. The number of aromatic nitrogens is 1. The van der Waals surface area contributed by atoms with E-state index >= 15 is 0 Å². The molecule has 0 spiro atoms. The van der Waals surface area contributed by atoms with Crippen molar-refractivity contribution in [3.05, 3.63) is 46.6 Å². The lowest BCUT2D eigenvalue weighted by molar-refractivity contribution is 0.0697. The normalized spacial score (nSPS) is 10.3. The van der Waals surface area contributed by atoms with Gasteiger partial charge in [0.15, 0.2) is 0 Å². The second-order valence-electron chi connectivity index (χ2n) is 3.72. The molecule has 1 heterocycles. The molecular formula is C12H11ClN2O3. The smallest absolute Gasteiger partial charge is 0.337 e. The molecule has 2 rings (SSSR count). The number of hydrogen-bond donors (Lipinski definition) is 2. The monoisotopic (exact) mass is 266 g/mol. The third-order valence-electron chi connectivity index (χ3n) is 2.31. The van der Waals surface area contributed by atoms with E-state index in [2.05, 4.69) is 10.3 Å². The first-order chi connectivity index (χ1) is 8.56. The summed E-state index contributed by atoms with van der Waals surface area (Å²) < 4.78 is 5.30. The summed E-state index contributed by atoms with van der Waals surface area (Å²) in [5.41, 5.74) is 0.787. The summed E-state index contributed by atoms with van der Waals surface area (Å²) in [7, 11) is 0. The van der Waals surface area contributed by atoms with Crippen molar-refractivity contribution in [2.45, 2.75) is 13.5 Å². The van der Waals surface area contributed by atoms with Crippen molar-refractivity contribution in [2.75, 3.05) is 5.32 Å². The Hall–Kier alpha value is -2.01. The van der Waals surface area contributed by atoms with Gasteiger partial charge in [0.25, 0.3) is 0 Å².